The Labute approximate surface area is 152 Å². The van der Waals surface area contributed by atoms with Gasteiger partial charge in [-0.25, -0.2) is 0 Å². The molecule has 5 rings (SSSR count). The second-order valence-electron chi connectivity index (χ2n) is 7.01. The van der Waals surface area contributed by atoms with Gasteiger partial charge in [-0.2, -0.15) is 0 Å². The third kappa shape index (κ3) is 3.12. The lowest BCUT2D eigenvalue weighted by Gasteiger charge is -2.36. The number of hydrogen-bond donors (Lipinski definition) is 1. The summed E-state index contributed by atoms with van der Waals surface area (Å²) >= 11 is 0. The van der Waals surface area contributed by atoms with Crippen molar-refractivity contribution >= 4 is 11.8 Å². The second-order valence-corrected chi connectivity index (χ2v) is 7.01. The highest BCUT2D eigenvalue weighted by molar-refractivity contribution is 5.92. The fourth-order valence-corrected chi connectivity index (χ4v) is 3.93. The number of hydrogen-bond acceptors (Lipinski definition) is 4. The van der Waals surface area contributed by atoms with Crippen molar-refractivity contribution in [1.82, 2.24) is 9.80 Å². The zero-order valence-electron chi connectivity index (χ0n) is 14.5. The van der Waals surface area contributed by atoms with Crippen LogP contribution in [-0.2, 0) is 17.9 Å². The molecule has 6 heteroatoms. The van der Waals surface area contributed by atoms with E-state index in [1.807, 2.05) is 35.2 Å². The van der Waals surface area contributed by atoms with E-state index in [-0.39, 0.29) is 36.1 Å². The molecule has 1 N–H and O–H groups in total. The lowest BCUT2D eigenvalue weighted by atomic mass is 9.93. The minimum absolute atomic E-state index is 0.0256. The third-order valence-electron chi connectivity index (χ3n) is 5.30. The van der Waals surface area contributed by atoms with Crippen LogP contribution >= 0.6 is 0 Å². The number of furan rings is 1. The molecule has 1 aromatic heterocycles. The van der Waals surface area contributed by atoms with Gasteiger partial charge in [0.2, 0.25) is 5.91 Å². The third-order valence-corrected chi connectivity index (χ3v) is 5.30. The van der Waals surface area contributed by atoms with Crippen LogP contribution in [0, 0.1) is 5.92 Å². The molecule has 0 aliphatic carbocycles. The van der Waals surface area contributed by atoms with Crippen molar-refractivity contribution in [2.75, 3.05) is 13.1 Å². The lowest BCUT2D eigenvalue weighted by Crippen LogP contribution is -2.47. The molecule has 2 bridgehead atoms. The molecule has 4 heterocycles. The molecule has 6 nitrogen and oxygen atoms in total. The van der Waals surface area contributed by atoms with E-state index in [0.717, 1.165) is 18.4 Å². The zero-order valence-corrected chi connectivity index (χ0v) is 14.5. The highest BCUT2D eigenvalue weighted by atomic mass is 16.4. The summed E-state index contributed by atoms with van der Waals surface area (Å²) in [7, 11) is 0. The Hall–Kier alpha value is -2.60. The fraction of sp³-hybridized carbons (Fsp3) is 0.400. The van der Waals surface area contributed by atoms with E-state index in [2.05, 4.69) is 0 Å². The predicted octanol–water partition coefficient (Wildman–Crippen LogP) is 2.04. The van der Waals surface area contributed by atoms with Gasteiger partial charge in [-0.05, 0) is 30.5 Å². The van der Waals surface area contributed by atoms with E-state index in [0.29, 0.717) is 25.4 Å². The summed E-state index contributed by atoms with van der Waals surface area (Å²) < 4.78 is 5.39. The first-order chi connectivity index (χ1) is 12.7. The number of carbonyl (C=O) groups is 2. The smallest absolute Gasteiger partial charge is 0.289 e. The van der Waals surface area contributed by atoms with Gasteiger partial charge >= 0.3 is 0 Å². The van der Waals surface area contributed by atoms with Crippen molar-refractivity contribution in [2.24, 2.45) is 5.92 Å². The normalized spacial score (nSPS) is 22.6. The number of rotatable bonds is 4. The number of amides is 2. The van der Waals surface area contributed by atoms with Crippen LogP contribution in [0.4, 0.5) is 0 Å². The molecule has 3 aliphatic heterocycles. The number of carbonyl (C=O) groups excluding carboxylic acids is 2. The van der Waals surface area contributed by atoms with Crippen LogP contribution in [-0.4, -0.2) is 45.9 Å². The summed E-state index contributed by atoms with van der Waals surface area (Å²) in [5.41, 5.74) is 1.10. The number of benzene rings is 1. The molecule has 2 unspecified atom stereocenters. The Bertz CT molecular complexity index is 801. The Morgan fingerprint density at radius 1 is 1.12 bits per heavy atom. The van der Waals surface area contributed by atoms with Crippen LogP contribution < -0.4 is 0 Å². The maximum Gasteiger partial charge on any atom is 0.289 e. The van der Waals surface area contributed by atoms with Crippen molar-refractivity contribution in [2.45, 2.75) is 32.0 Å². The van der Waals surface area contributed by atoms with Crippen LogP contribution in [0.25, 0.3) is 0 Å². The molecule has 2 atom stereocenters. The highest BCUT2D eigenvalue weighted by Gasteiger charge is 2.42. The number of fused-ring (bicyclic) bond motifs is 4. The highest BCUT2D eigenvalue weighted by Crippen LogP contribution is 2.31. The predicted molar refractivity (Wildman–Crippen MR) is 94.0 cm³/mol. The Kier molecular flexibility index (Phi) is 4.51. The average Bonchev–Trinajstić information content (AvgIpc) is 2.99. The largest absolute Gasteiger partial charge is 0.453 e. The molecule has 3 fully saturated rings. The summed E-state index contributed by atoms with van der Waals surface area (Å²) in [6, 6.07) is 13.2. The van der Waals surface area contributed by atoms with E-state index >= 15 is 0 Å². The molecule has 1 aromatic carbocycles. The van der Waals surface area contributed by atoms with Crippen molar-refractivity contribution in [3.05, 3.63) is 59.5 Å². The minimum Gasteiger partial charge on any atom is -0.453 e. The average molecular weight is 354 g/mol. The molecule has 2 aromatic rings. The molecule has 0 spiro atoms. The summed E-state index contributed by atoms with van der Waals surface area (Å²) in [4.78, 5) is 29.3. The second kappa shape index (κ2) is 6.96. The number of piperidine rings is 1. The summed E-state index contributed by atoms with van der Waals surface area (Å²) in [6.45, 7) is 1.29. The monoisotopic (exact) mass is 354 g/mol. The van der Waals surface area contributed by atoms with Gasteiger partial charge in [0.15, 0.2) is 5.76 Å². The van der Waals surface area contributed by atoms with Crippen LogP contribution in [0.15, 0.2) is 46.9 Å². The summed E-state index contributed by atoms with van der Waals surface area (Å²) in [6.07, 6.45) is 1.73. The van der Waals surface area contributed by atoms with Crippen molar-refractivity contribution < 1.29 is 19.1 Å². The number of aliphatic hydroxyl groups is 1. The fourth-order valence-electron chi connectivity index (χ4n) is 3.93. The quantitative estimate of drug-likeness (QED) is 0.912. The van der Waals surface area contributed by atoms with Crippen molar-refractivity contribution in [3.8, 4) is 0 Å². The van der Waals surface area contributed by atoms with Gasteiger partial charge in [-0.3, -0.25) is 9.59 Å². The van der Waals surface area contributed by atoms with Crippen LogP contribution in [0.2, 0.25) is 0 Å². The van der Waals surface area contributed by atoms with Gasteiger partial charge in [0, 0.05) is 25.7 Å². The van der Waals surface area contributed by atoms with Gasteiger partial charge in [-0.1, -0.05) is 30.3 Å². The molecule has 0 radical (unpaired) electrons. The summed E-state index contributed by atoms with van der Waals surface area (Å²) in [5, 5.41) is 9.12. The zero-order chi connectivity index (χ0) is 18.1. The molecular formula is C20H22N2O4. The van der Waals surface area contributed by atoms with E-state index in [1.165, 1.54) is 0 Å². The van der Waals surface area contributed by atoms with Gasteiger partial charge in [-0.15, -0.1) is 0 Å². The Morgan fingerprint density at radius 3 is 2.65 bits per heavy atom. The Balaban J connectivity index is 1.53. The van der Waals surface area contributed by atoms with Crippen LogP contribution in [0.5, 0.6) is 0 Å². The SMILES string of the molecule is O=C(c1ccc(CO)o1)N1CC2CCC(C1)N(Cc1ccccc1)C2=O. The molecule has 3 aliphatic rings. The first-order valence-electron chi connectivity index (χ1n) is 8.99. The van der Waals surface area contributed by atoms with Crippen LogP contribution in [0.1, 0.15) is 34.7 Å². The molecule has 0 saturated carbocycles. The number of aliphatic hydroxyl groups excluding tert-OH is 1. The summed E-state index contributed by atoms with van der Waals surface area (Å²) in [5.74, 6) is 0.353. The van der Waals surface area contributed by atoms with Crippen molar-refractivity contribution in [1.29, 1.82) is 0 Å². The van der Waals surface area contributed by atoms with E-state index < -0.39 is 0 Å². The van der Waals surface area contributed by atoms with Crippen molar-refractivity contribution in [3.63, 3.8) is 0 Å². The minimum atomic E-state index is -0.234. The van der Waals surface area contributed by atoms with E-state index in [1.54, 1.807) is 17.0 Å². The van der Waals surface area contributed by atoms with Gasteiger partial charge in [0.25, 0.3) is 5.91 Å². The molecule has 136 valence electrons. The van der Waals surface area contributed by atoms with Crippen LogP contribution in [0.3, 0.4) is 0 Å². The topological polar surface area (TPSA) is 74.0 Å². The van der Waals surface area contributed by atoms with E-state index in [9.17, 15) is 9.59 Å². The first-order valence-corrected chi connectivity index (χ1v) is 8.99. The van der Waals surface area contributed by atoms with Gasteiger partial charge < -0.3 is 19.3 Å². The van der Waals surface area contributed by atoms with Gasteiger partial charge in [0.1, 0.15) is 12.4 Å². The number of nitrogens with zero attached hydrogens (tertiary/aromatic N) is 2. The first kappa shape index (κ1) is 16.8. The maximum absolute atomic E-state index is 12.9. The molecular weight excluding hydrogens is 332 g/mol. The molecule has 2 amide bonds. The van der Waals surface area contributed by atoms with Gasteiger partial charge in [0.05, 0.1) is 5.92 Å². The molecule has 26 heavy (non-hydrogen) atoms. The molecule has 3 saturated heterocycles. The standard InChI is InChI=1S/C20H22N2O4/c23-13-17-8-9-18(26-17)20(25)21-11-15-6-7-16(12-21)22(19(15)24)10-14-4-2-1-3-5-14/h1-5,8-9,15-16,23H,6-7,10-13H2. The maximum atomic E-state index is 12.9. The lowest BCUT2D eigenvalue weighted by molar-refractivity contribution is -0.140. The Morgan fingerprint density at radius 2 is 1.92 bits per heavy atom. The van der Waals surface area contributed by atoms with E-state index in [4.69, 9.17) is 9.52 Å².